The Kier molecular flexibility index (Phi) is 5.38. The minimum Gasteiger partial charge on any atom is -0.300 e. The first-order valence-electron chi connectivity index (χ1n) is 7.99. The van der Waals surface area contributed by atoms with E-state index in [0.29, 0.717) is 5.13 Å². The van der Waals surface area contributed by atoms with Gasteiger partial charge in [-0.05, 0) is 26.0 Å². The Morgan fingerprint density at radius 1 is 1.00 bits per heavy atom. The second-order valence-electron chi connectivity index (χ2n) is 5.94. The number of thiazole rings is 1. The summed E-state index contributed by atoms with van der Waals surface area (Å²) in [5, 5.41) is 0.533. The van der Waals surface area contributed by atoms with Gasteiger partial charge in [0.1, 0.15) is 0 Å². The number of nitrogens with two attached hydrogens (primary N) is 1. The molecule has 3 aromatic rings. The van der Waals surface area contributed by atoms with Crippen LogP contribution in [-0.4, -0.2) is 13.4 Å². The number of aryl methyl sites for hydroxylation is 2. The highest BCUT2D eigenvalue weighted by Crippen LogP contribution is 2.31. The Bertz CT molecular complexity index is 995. The van der Waals surface area contributed by atoms with Crippen LogP contribution < -0.4 is 16.0 Å². The Balaban J connectivity index is 1.86. The highest BCUT2D eigenvalue weighted by Gasteiger charge is 2.18. The Morgan fingerprint density at radius 3 is 2.15 bits per heavy atom. The number of hydrogen-bond acceptors (Lipinski definition) is 6. The molecular formula is C18H20N4O2S2. The first-order chi connectivity index (χ1) is 12.4. The topological polar surface area (TPSA) is 97.1 Å². The smallest absolute Gasteiger partial charge is 0.240 e. The zero-order valence-corrected chi connectivity index (χ0v) is 16.1. The summed E-state index contributed by atoms with van der Waals surface area (Å²) in [4.78, 5) is 5.49. The highest BCUT2D eigenvalue weighted by atomic mass is 32.2. The standard InChI is InChI=1S/C18H20N4O2S2/c1-12-3-7-14(8-4-12)17-16(25-18(21-17)22-19)11-20-26(23,24)15-9-5-13(2)6-10-15/h3-10,20H,11,19H2,1-2H3,(H,21,22). The van der Waals surface area contributed by atoms with Crippen LogP contribution in [0.4, 0.5) is 5.13 Å². The van der Waals surface area contributed by atoms with Crippen molar-refractivity contribution in [3.8, 4) is 11.3 Å². The molecule has 0 amide bonds. The van der Waals surface area contributed by atoms with E-state index >= 15 is 0 Å². The molecule has 0 aliphatic rings. The summed E-state index contributed by atoms with van der Waals surface area (Å²) in [6, 6.07) is 14.6. The van der Waals surface area contributed by atoms with Gasteiger partial charge in [-0.15, -0.1) is 0 Å². The molecule has 0 radical (unpaired) electrons. The normalized spacial score (nSPS) is 11.5. The summed E-state index contributed by atoms with van der Waals surface area (Å²) in [5.41, 5.74) is 6.31. The van der Waals surface area contributed by atoms with E-state index < -0.39 is 10.0 Å². The van der Waals surface area contributed by atoms with Crippen LogP contribution in [0.5, 0.6) is 0 Å². The molecule has 8 heteroatoms. The van der Waals surface area contributed by atoms with Gasteiger partial charge in [0.25, 0.3) is 0 Å². The van der Waals surface area contributed by atoms with Crippen LogP contribution in [0.15, 0.2) is 53.4 Å². The van der Waals surface area contributed by atoms with Crippen LogP contribution in [0.25, 0.3) is 11.3 Å². The summed E-state index contributed by atoms with van der Waals surface area (Å²) in [6.45, 7) is 4.06. The van der Waals surface area contributed by atoms with Crippen LogP contribution in [0.2, 0.25) is 0 Å². The van der Waals surface area contributed by atoms with Gasteiger partial charge in [-0.25, -0.2) is 24.0 Å². The van der Waals surface area contributed by atoms with Crippen molar-refractivity contribution in [1.82, 2.24) is 9.71 Å². The van der Waals surface area contributed by atoms with Crippen LogP contribution in [0, 0.1) is 13.8 Å². The maximum atomic E-state index is 12.5. The molecule has 0 aliphatic carbocycles. The molecule has 0 atom stereocenters. The van der Waals surface area contributed by atoms with Crippen molar-refractivity contribution in [2.75, 3.05) is 5.43 Å². The second kappa shape index (κ2) is 7.55. The Morgan fingerprint density at radius 2 is 1.58 bits per heavy atom. The summed E-state index contributed by atoms with van der Waals surface area (Å²) >= 11 is 1.32. The van der Waals surface area contributed by atoms with Crippen molar-refractivity contribution in [3.05, 3.63) is 64.5 Å². The van der Waals surface area contributed by atoms with Crippen molar-refractivity contribution in [3.63, 3.8) is 0 Å². The number of rotatable bonds is 6. The van der Waals surface area contributed by atoms with Crippen molar-refractivity contribution >= 4 is 26.5 Å². The van der Waals surface area contributed by atoms with Gasteiger partial charge in [0.2, 0.25) is 10.0 Å². The van der Waals surface area contributed by atoms with Gasteiger partial charge < -0.3 is 0 Å². The SMILES string of the molecule is Cc1ccc(-c2nc(NN)sc2CNS(=O)(=O)c2ccc(C)cc2)cc1. The number of anilines is 1. The van der Waals surface area contributed by atoms with E-state index in [4.69, 9.17) is 5.84 Å². The Labute approximate surface area is 157 Å². The minimum atomic E-state index is -3.60. The molecule has 0 saturated carbocycles. The molecule has 3 rings (SSSR count). The molecule has 1 heterocycles. The van der Waals surface area contributed by atoms with Crippen molar-refractivity contribution in [1.29, 1.82) is 0 Å². The van der Waals surface area contributed by atoms with Crippen LogP contribution >= 0.6 is 11.3 Å². The lowest BCUT2D eigenvalue weighted by atomic mass is 10.1. The second-order valence-corrected chi connectivity index (χ2v) is 8.79. The summed E-state index contributed by atoms with van der Waals surface area (Å²) in [6.07, 6.45) is 0. The molecule has 1 aromatic heterocycles. The lowest BCUT2D eigenvalue weighted by Crippen LogP contribution is -2.23. The minimum absolute atomic E-state index is 0.138. The summed E-state index contributed by atoms with van der Waals surface area (Å²) < 4.78 is 27.7. The molecule has 0 spiro atoms. The van der Waals surface area contributed by atoms with E-state index in [2.05, 4.69) is 15.1 Å². The predicted molar refractivity (Wildman–Crippen MR) is 105 cm³/mol. The number of sulfonamides is 1. The third-order valence-corrected chi connectivity index (χ3v) is 6.30. The number of nitrogen functional groups attached to an aromatic ring is 1. The summed E-state index contributed by atoms with van der Waals surface area (Å²) in [5.74, 6) is 5.48. The lowest BCUT2D eigenvalue weighted by Gasteiger charge is -2.07. The van der Waals surface area contributed by atoms with Crippen LogP contribution in [-0.2, 0) is 16.6 Å². The van der Waals surface area contributed by atoms with E-state index in [0.717, 1.165) is 27.3 Å². The Hall–Kier alpha value is -2.26. The lowest BCUT2D eigenvalue weighted by molar-refractivity contribution is 0.582. The zero-order valence-electron chi connectivity index (χ0n) is 14.5. The van der Waals surface area contributed by atoms with E-state index in [1.54, 1.807) is 24.3 Å². The van der Waals surface area contributed by atoms with Crippen molar-refractivity contribution in [2.45, 2.75) is 25.3 Å². The number of hydrogen-bond donors (Lipinski definition) is 3. The quantitative estimate of drug-likeness (QED) is 0.445. The van der Waals surface area contributed by atoms with Gasteiger partial charge in [0.05, 0.1) is 10.6 Å². The maximum absolute atomic E-state index is 12.5. The number of nitrogens with zero attached hydrogens (tertiary/aromatic N) is 1. The number of hydrazine groups is 1. The fourth-order valence-corrected chi connectivity index (χ4v) is 4.35. The fourth-order valence-electron chi connectivity index (χ4n) is 2.43. The fraction of sp³-hybridized carbons (Fsp3) is 0.167. The van der Waals surface area contributed by atoms with Gasteiger partial charge >= 0.3 is 0 Å². The summed E-state index contributed by atoms with van der Waals surface area (Å²) in [7, 11) is -3.60. The van der Waals surface area contributed by atoms with Crippen molar-refractivity contribution in [2.24, 2.45) is 5.84 Å². The maximum Gasteiger partial charge on any atom is 0.240 e. The first-order valence-corrected chi connectivity index (χ1v) is 10.3. The molecule has 0 bridgehead atoms. The number of nitrogens with one attached hydrogen (secondary N) is 2. The molecule has 0 saturated heterocycles. The third-order valence-electron chi connectivity index (χ3n) is 3.90. The van der Waals surface area contributed by atoms with Gasteiger partial charge in [-0.1, -0.05) is 58.9 Å². The molecule has 26 heavy (non-hydrogen) atoms. The molecule has 0 unspecified atom stereocenters. The molecule has 0 aliphatic heterocycles. The molecular weight excluding hydrogens is 368 g/mol. The van der Waals surface area contributed by atoms with E-state index in [1.165, 1.54) is 11.3 Å². The number of benzene rings is 2. The predicted octanol–water partition coefficient (Wildman–Crippen LogP) is 3.19. The molecule has 4 N–H and O–H groups in total. The largest absolute Gasteiger partial charge is 0.300 e. The molecule has 0 fully saturated rings. The van der Waals surface area contributed by atoms with Crippen LogP contribution in [0.1, 0.15) is 16.0 Å². The van der Waals surface area contributed by atoms with Gasteiger partial charge in [0, 0.05) is 17.0 Å². The van der Waals surface area contributed by atoms with E-state index in [-0.39, 0.29) is 11.4 Å². The van der Waals surface area contributed by atoms with Gasteiger partial charge in [-0.2, -0.15) is 0 Å². The average molecular weight is 389 g/mol. The highest BCUT2D eigenvalue weighted by molar-refractivity contribution is 7.89. The van der Waals surface area contributed by atoms with Crippen molar-refractivity contribution < 1.29 is 8.42 Å². The number of aromatic nitrogens is 1. The zero-order chi connectivity index (χ0) is 18.7. The monoisotopic (exact) mass is 388 g/mol. The first kappa shape index (κ1) is 18.5. The van der Waals surface area contributed by atoms with E-state index in [9.17, 15) is 8.42 Å². The molecule has 136 valence electrons. The average Bonchev–Trinajstić information content (AvgIpc) is 3.04. The van der Waals surface area contributed by atoms with E-state index in [1.807, 2.05) is 38.1 Å². The third kappa shape index (κ3) is 4.10. The van der Waals surface area contributed by atoms with Gasteiger partial charge in [-0.3, -0.25) is 5.43 Å². The molecule has 2 aromatic carbocycles. The van der Waals surface area contributed by atoms with Crippen LogP contribution in [0.3, 0.4) is 0 Å². The molecule has 6 nitrogen and oxygen atoms in total. The van der Waals surface area contributed by atoms with Gasteiger partial charge in [0.15, 0.2) is 5.13 Å².